The van der Waals surface area contributed by atoms with E-state index in [9.17, 15) is 4.79 Å². The second-order valence-electron chi connectivity index (χ2n) is 6.00. The van der Waals surface area contributed by atoms with Crippen LogP contribution >= 0.6 is 0 Å². The van der Waals surface area contributed by atoms with E-state index in [1.807, 2.05) is 39.0 Å². The first-order valence-corrected chi connectivity index (χ1v) is 7.13. The van der Waals surface area contributed by atoms with Crippen LogP contribution in [0, 0.1) is 0 Å². The Bertz CT molecular complexity index is 513. The SMILES string of the molecule is COC[C@H](C)NC(=O)COc1cccc2c1OC(C)(C)C2. The number of rotatable bonds is 6. The maximum atomic E-state index is 11.8. The van der Waals surface area contributed by atoms with Gasteiger partial charge in [-0.2, -0.15) is 0 Å². The average molecular weight is 293 g/mol. The van der Waals surface area contributed by atoms with Gasteiger partial charge in [-0.1, -0.05) is 12.1 Å². The summed E-state index contributed by atoms with van der Waals surface area (Å²) in [7, 11) is 1.60. The lowest BCUT2D eigenvalue weighted by molar-refractivity contribution is -0.124. The van der Waals surface area contributed by atoms with Gasteiger partial charge in [0.1, 0.15) is 5.60 Å². The third-order valence-electron chi connectivity index (χ3n) is 3.24. The maximum absolute atomic E-state index is 11.8. The zero-order valence-corrected chi connectivity index (χ0v) is 13.1. The molecule has 1 aliphatic heterocycles. The predicted molar refractivity (Wildman–Crippen MR) is 79.8 cm³/mol. The van der Waals surface area contributed by atoms with E-state index in [1.165, 1.54) is 0 Å². The lowest BCUT2D eigenvalue weighted by Gasteiger charge is -2.18. The molecular weight excluding hydrogens is 270 g/mol. The van der Waals surface area contributed by atoms with Crippen molar-refractivity contribution in [3.63, 3.8) is 0 Å². The molecule has 0 saturated carbocycles. The Balaban J connectivity index is 1.93. The summed E-state index contributed by atoms with van der Waals surface area (Å²) < 4.78 is 16.5. The second-order valence-corrected chi connectivity index (χ2v) is 6.00. The summed E-state index contributed by atoms with van der Waals surface area (Å²) in [6, 6.07) is 5.73. The molecule has 0 aliphatic carbocycles. The molecule has 1 aromatic rings. The largest absolute Gasteiger partial charge is 0.483 e. The van der Waals surface area contributed by atoms with Crippen molar-refractivity contribution in [1.29, 1.82) is 0 Å². The number of ether oxygens (including phenoxy) is 3. The summed E-state index contributed by atoms with van der Waals surface area (Å²) in [6.45, 7) is 6.40. The molecule has 0 aromatic heterocycles. The zero-order chi connectivity index (χ0) is 15.5. The maximum Gasteiger partial charge on any atom is 0.258 e. The Morgan fingerprint density at radius 1 is 1.48 bits per heavy atom. The highest BCUT2D eigenvalue weighted by Gasteiger charge is 2.32. The van der Waals surface area contributed by atoms with E-state index in [-0.39, 0.29) is 24.2 Å². The van der Waals surface area contributed by atoms with Gasteiger partial charge >= 0.3 is 0 Å². The average Bonchev–Trinajstić information content (AvgIpc) is 2.70. The van der Waals surface area contributed by atoms with E-state index in [0.29, 0.717) is 12.4 Å². The summed E-state index contributed by atoms with van der Waals surface area (Å²) in [5.74, 6) is 1.20. The van der Waals surface area contributed by atoms with Crippen molar-refractivity contribution in [2.45, 2.75) is 38.8 Å². The minimum Gasteiger partial charge on any atom is -0.483 e. The Hall–Kier alpha value is -1.75. The van der Waals surface area contributed by atoms with Gasteiger partial charge < -0.3 is 19.5 Å². The fraction of sp³-hybridized carbons (Fsp3) is 0.562. The van der Waals surface area contributed by atoms with Crippen molar-refractivity contribution in [3.8, 4) is 11.5 Å². The van der Waals surface area contributed by atoms with Gasteiger partial charge in [-0.25, -0.2) is 0 Å². The van der Waals surface area contributed by atoms with Gasteiger partial charge in [0, 0.05) is 25.1 Å². The quantitative estimate of drug-likeness (QED) is 0.870. The summed E-state index contributed by atoms with van der Waals surface area (Å²) in [4.78, 5) is 11.8. The van der Waals surface area contributed by atoms with Crippen LogP contribution in [-0.2, 0) is 16.0 Å². The molecular formula is C16H23NO4. The summed E-state index contributed by atoms with van der Waals surface area (Å²) in [5.41, 5.74) is 0.891. The molecule has 0 spiro atoms. The van der Waals surface area contributed by atoms with Crippen LogP contribution in [0.3, 0.4) is 0 Å². The number of carbonyl (C=O) groups is 1. The Morgan fingerprint density at radius 2 is 2.24 bits per heavy atom. The molecule has 5 nitrogen and oxygen atoms in total. The van der Waals surface area contributed by atoms with E-state index < -0.39 is 0 Å². The van der Waals surface area contributed by atoms with Crippen molar-refractivity contribution in [2.75, 3.05) is 20.3 Å². The number of methoxy groups -OCH3 is 1. The number of hydrogen-bond acceptors (Lipinski definition) is 4. The predicted octanol–water partition coefficient (Wildman–Crippen LogP) is 1.93. The van der Waals surface area contributed by atoms with E-state index in [1.54, 1.807) is 7.11 Å². The lowest BCUT2D eigenvalue weighted by atomic mass is 10.0. The van der Waals surface area contributed by atoms with Crippen LogP contribution in [0.15, 0.2) is 18.2 Å². The minimum atomic E-state index is -0.225. The number of hydrogen-bond donors (Lipinski definition) is 1. The van der Waals surface area contributed by atoms with Crippen LogP contribution in [0.1, 0.15) is 26.3 Å². The molecule has 116 valence electrons. The van der Waals surface area contributed by atoms with E-state index >= 15 is 0 Å². The smallest absolute Gasteiger partial charge is 0.258 e. The number of carbonyl (C=O) groups excluding carboxylic acids is 1. The molecule has 5 heteroatoms. The molecule has 21 heavy (non-hydrogen) atoms. The van der Waals surface area contributed by atoms with Gasteiger partial charge in [-0.05, 0) is 26.8 Å². The van der Waals surface area contributed by atoms with E-state index in [0.717, 1.165) is 17.7 Å². The van der Waals surface area contributed by atoms with Crippen molar-refractivity contribution in [1.82, 2.24) is 5.32 Å². The summed E-state index contributed by atoms with van der Waals surface area (Å²) in [5, 5.41) is 2.81. The van der Waals surface area contributed by atoms with Gasteiger partial charge in [-0.15, -0.1) is 0 Å². The molecule has 1 N–H and O–H groups in total. The van der Waals surface area contributed by atoms with Crippen LogP contribution in [0.2, 0.25) is 0 Å². The fourth-order valence-electron chi connectivity index (χ4n) is 2.45. The Morgan fingerprint density at radius 3 is 2.95 bits per heavy atom. The van der Waals surface area contributed by atoms with Crippen LogP contribution < -0.4 is 14.8 Å². The van der Waals surface area contributed by atoms with Gasteiger partial charge in [0.2, 0.25) is 0 Å². The molecule has 0 bridgehead atoms. The van der Waals surface area contributed by atoms with E-state index in [4.69, 9.17) is 14.2 Å². The van der Waals surface area contributed by atoms with Crippen molar-refractivity contribution in [3.05, 3.63) is 23.8 Å². The second kappa shape index (κ2) is 6.35. The standard InChI is InChI=1S/C16H23NO4/c1-11(9-19-4)17-14(18)10-20-13-7-5-6-12-8-16(2,3)21-15(12)13/h5-7,11H,8-10H2,1-4H3,(H,17,18)/t11-/m0/s1. The number of benzene rings is 1. The Labute approximate surface area is 125 Å². The molecule has 0 unspecified atom stereocenters. The van der Waals surface area contributed by atoms with E-state index in [2.05, 4.69) is 5.32 Å². The number of para-hydroxylation sites is 1. The number of fused-ring (bicyclic) bond motifs is 1. The summed E-state index contributed by atoms with van der Waals surface area (Å²) >= 11 is 0. The molecule has 2 rings (SSSR count). The fourth-order valence-corrected chi connectivity index (χ4v) is 2.45. The summed E-state index contributed by atoms with van der Waals surface area (Å²) in [6.07, 6.45) is 0.844. The topological polar surface area (TPSA) is 56.8 Å². The first kappa shape index (κ1) is 15.6. The van der Waals surface area contributed by atoms with Crippen LogP contribution in [0.5, 0.6) is 11.5 Å². The molecule has 1 amide bonds. The molecule has 0 fully saturated rings. The third-order valence-corrected chi connectivity index (χ3v) is 3.24. The van der Waals surface area contributed by atoms with Gasteiger partial charge in [0.25, 0.3) is 5.91 Å². The van der Waals surface area contributed by atoms with Crippen LogP contribution in [-0.4, -0.2) is 37.9 Å². The van der Waals surface area contributed by atoms with Crippen LogP contribution in [0.4, 0.5) is 0 Å². The zero-order valence-electron chi connectivity index (χ0n) is 13.1. The molecule has 0 radical (unpaired) electrons. The monoisotopic (exact) mass is 293 g/mol. The first-order valence-electron chi connectivity index (χ1n) is 7.13. The first-order chi connectivity index (χ1) is 9.91. The molecule has 1 heterocycles. The molecule has 1 aromatic carbocycles. The lowest BCUT2D eigenvalue weighted by Crippen LogP contribution is -2.38. The number of amides is 1. The Kier molecular flexibility index (Phi) is 4.73. The highest BCUT2D eigenvalue weighted by atomic mass is 16.5. The normalized spacial score (nSPS) is 16.8. The third kappa shape index (κ3) is 4.11. The molecule has 0 saturated heterocycles. The van der Waals surface area contributed by atoms with Gasteiger partial charge in [-0.3, -0.25) is 4.79 Å². The minimum absolute atomic E-state index is 0.0334. The van der Waals surface area contributed by atoms with Gasteiger partial charge in [0.15, 0.2) is 18.1 Å². The highest BCUT2D eigenvalue weighted by molar-refractivity contribution is 5.78. The highest BCUT2D eigenvalue weighted by Crippen LogP contribution is 2.41. The number of nitrogens with one attached hydrogen (secondary N) is 1. The van der Waals surface area contributed by atoms with Crippen molar-refractivity contribution >= 4 is 5.91 Å². The molecule has 1 aliphatic rings. The van der Waals surface area contributed by atoms with Crippen molar-refractivity contribution in [2.24, 2.45) is 0 Å². The molecule has 1 atom stereocenters. The van der Waals surface area contributed by atoms with Crippen LogP contribution in [0.25, 0.3) is 0 Å². The van der Waals surface area contributed by atoms with Crippen molar-refractivity contribution < 1.29 is 19.0 Å². The van der Waals surface area contributed by atoms with Gasteiger partial charge in [0.05, 0.1) is 6.61 Å².